The van der Waals surface area contributed by atoms with Gasteiger partial charge in [-0.3, -0.25) is 19.2 Å². The van der Waals surface area contributed by atoms with E-state index in [0.29, 0.717) is 5.02 Å². The number of carboxylic acids is 1. The zero-order chi connectivity index (χ0) is 16.7. The molecule has 118 valence electrons. The Morgan fingerprint density at radius 1 is 1.27 bits per heavy atom. The van der Waals surface area contributed by atoms with Crippen LogP contribution in [0.2, 0.25) is 5.02 Å². The third-order valence-corrected chi connectivity index (χ3v) is 3.11. The molecule has 22 heavy (non-hydrogen) atoms. The molecule has 0 spiro atoms. The average molecular weight is 327 g/mol. The van der Waals surface area contributed by atoms with Gasteiger partial charge in [-0.15, -0.1) is 0 Å². The zero-order valence-corrected chi connectivity index (χ0v) is 12.6. The number of carboxylic acid groups (broad SMARTS) is 1. The molecule has 6 nitrogen and oxygen atoms in total. The molecule has 7 heteroatoms. The summed E-state index contributed by atoms with van der Waals surface area (Å²) in [5, 5.41) is 9.06. The summed E-state index contributed by atoms with van der Waals surface area (Å²) in [6.45, 7) is 0.574. The van der Waals surface area contributed by atoms with Crippen molar-refractivity contribution in [1.82, 2.24) is 0 Å². The van der Waals surface area contributed by atoms with E-state index in [-0.39, 0.29) is 18.4 Å². The largest absolute Gasteiger partial charge is 0.481 e. The lowest BCUT2D eigenvalue weighted by Crippen LogP contribution is -2.29. The minimum atomic E-state index is -1.19. The molecule has 0 aliphatic carbocycles. The van der Waals surface area contributed by atoms with Crippen molar-refractivity contribution in [3.05, 3.63) is 34.9 Å². The Balaban J connectivity index is 2.92. The molecule has 1 N–H and O–H groups in total. The van der Waals surface area contributed by atoms with Crippen molar-refractivity contribution in [2.45, 2.75) is 19.8 Å². The molecule has 0 heterocycles. The third-order valence-electron chi connectivity index (χ3n) is 2.88. The first-order chi connectivity index (χ1) is 10.3. The van der Waals surface area contributed by atoms with E-state index in [2.05, 4.69) is 4.74 Å². The van der Waals surface area contributed by atoms with Gasteiger partial charge in [-0.05, 0) is 18.6 Å². The molecular formula is C15H15ClO6. The van der Waals surface area contributed by atoms with Crippen LogP contribution in [-0.4, -0.2) is 35.2 Å². The van der Waals surface area contributed by atoms with Gasteiger partial charge in [0, 0.05) is 23.9 Å². The van der Waals surface area contributed by atoms with E-state index in [9.17, 15) is 19.2 Å². The van der Waals surface area contributed by atoms with E-state index in [1.807, 2.05) is 0 Å². The molecule has 1 aromatic rings. The van der Waals surface area contributed by atoms with Gasteiger partial charge in [0.05, 0.1) is 5.92 Å². The topological polar surface area (TPSA) is 97.7 Å². The molecule has 0 radical (unpaired) electrons. The summed E-state index contributed by atoms with van der Waals surface area (Å²) in [6, 6.07) is 6.02. The second kappa shape index (κ2) is 8.29. The zero-order valence-electron chi connectivity index (χ0n) is 11.9. The number of carbonyl (C=O) groups is 4. The number of hydrogen-bond donors (Lipinski definition) is 1. The molecule has 0 saturated carbocycles. The summed E-state index contributed by atoms with van der Waals surface area (Å²) in [7, 11) is 0. The van der Waals surface area contributed by atoms with Crippen LogP contribution in [0, 0.1) is 5.92 Å². The molecule has 0 fully saturated rings. The van der Waals surface area contributed by atoms with Gasteiger partial charge >= 0.3 is 11.9 Å². The summed E-state index contributed by atoms with van der Waals surface area (Å²) in [5.74, 6) is -4.14. The van der Waals surface area contributed by atoms with E-state index in [0.717, 1.165) is 6.92 Å². The molecule has 0 aliphatic rings. The highest BCUT2D eigenvalue weighted by Crippen LogP contribution is 2.19. The number of esters is 1. The molecule has 1 aromatic carbocycles. The van der Waals surface area contributed by atoms with E-state index in [4.69, 9.17) is 16.7 Å². The maximum atomic E-state index is 12.4. The lowest BCUT2D eigenvalue weighted by Gasteiger charge is -2.14. The van der Waals surface area contributed by atoms with Crippen LogP contribution in [0.4, 0.5) is 0 Å². The first-order valence-electron chi connectivity index (χ1n) is 6.49. The number of rotatable bonds is 8. The number of ether oxygens (including phenoxy) is 1. The van der Waals surface area contributed by atoms with Crippen molar-refractivity contribution in [2.24, 2.45) is 5.92 Å². The van der Waals surface area contributed by atoms with Gasteiger partial charge in [0.1, 0.15) is 0 Å². The normalized spacial score (nSPS) is 11.5. The van der Waals surface area contributed by atoms with Crippen molar-refractivity contribution >= 4 is 35.1 Å². The van der Waals surface area contributed by atoms with Crippen molar-refractivity contribution in [1.29, 1.82) is 0 Å². The lowest BCUT2D eigenvalue weighted by atomic mass is 9.90. The van der Waals surface area contributed by atoms with E-state index >= 15 is 0 Å². The smallest absolute Gasteiger partial charge is 0.303 e. The molecule has 0 bridgehead atoms. The van der Waals surface area contributed by atoms with Gasteiger partial charge in [-0.1, -0.05) is 23.7 Å². The SMILES string of the molecule is CC(=O)OCC(=O)C(CCC(=O)O)C(=O)c1cccc(Cl)c1. The number of halogens is 1. The number of Topliss-reactive ketones (excluding diaryl/α,β-unsaturated/α-hetero) is 2. The quantitative estimate of drug-likeness (QED) is 0.446. The van der Waals surface area contributed by atoms with Crippen molar-refractivity contribution in [3.8, 4) is 0 Å². The van der Waals surface area contributed by atoms with Gasteiger partial charge in [0.25, 0.3) is 0 Å². The summed E-state index contributed by atoms with van der Waals surface area (Å²) < 4.78 is 4.59. The lowest BCUT2D eigenvalue weighted by molar-refractivity contribution is -0.146. The summed E-state index contributed by atoms with van der Waals surface area (Å²) in [4.78, 5) is 45.8. The first kappa shape index (κ1) is 17.8. The number of ketones is 2. The number of aliphatic carboxylic acids is 1. The van der Waals surface area contributed by atoms with Crippen LogP contribution in [0.15, 0.2) is 24.3 Å². The highest BCUT2D eigenvalue weighted by atomic mass is 35.5. The van der Waals surface area contributed by atoms with Crippen LogP contribution in [0.3, 0.4) is 0 Å². The fraction of sp³-hybridized carbons (Fsp3) is 0.333. The van der Waals surface area contributed by atoms with E-state index < -0.39 is 36.0 Å². The van der Waals surface area contributed by atoms with Gasteiger partial charge in [0.2, 0.25) is 0 Å². The highest BCUT2D eigenvalue weighted by Gasteiger charge is 2.28. The first-order valence-corrected chi connectivity index (χ1v) is 6.86. The predicted octanol–water partition coefficient (Wildman–Crippen LogP) is 2.14. The molecule has 1 unspecified atom stereocenters. The predicted molar refractivity (Wildman–Crippen MR) is 77.8 cm³/mol. The molecule has 0 saturated heterocycles. The number of hydrogen-bond acceptors (Lipinski definition) is 5. The fourth-order valence-electron chi connectivity index (χ4n) is 1.82. The van der Waals surface area contributed by atoms with Crippen LogP contribution < -0.4 is 0 Å². The standard InChI is InChI=1S/C15H15ClO6/c1-9(17)22-8-13(18)12(5-6-14(19)20)15(21)10-3-2-4-11(16)7-10/h2-4,7,12H,5-6,8H2,1H3,(H,19,20). The van der Waals surface area contributed by atoms with Gasteiger partial charge in [0.15, 0.2) is 18.2 Å². The van der Waals surface area contributed by atoms with E-state index in [1.165, 1.54) is 12.1 Å². The Kier molecular flexibility index (Phi) is 6.72. The number of benzene rings is 1. The summed E-state index contributed by atoms with van der Waals surface area (Å²) >= 11 is 5.80. The molecule has 1 atom stereocenters. The summed E-state index contributed by atoms with van der Waals surface area (Å²) in [5.41, 5.74) is 0.207. The molecule has 0 amide bonds. The fourth-order valence-corrected chi connectivity index (χ4v) is 2.01. The van der Waals surface area contributed by atoms with Crippen molar-refractivity contribution in [2.75, 3.05) is 6.61 Å². The van der Waals surface area contributed by atoms with Crippen molar-refractivity contribution < 1.29 is 29.0 Å². The third kappa shape index (κ3) is 5.65. The second-order valence-electron chi connectivity index (χ2n) is 4.61. The van der Waals surface area contributed by atoms with Crippen LogP contribution in [0.1, 0.15) is 30.1 Å². The molecule has 0 aliphatic heterocycles. The Morgan fingerprint density at radius 3 is 2.50 bits per heavy atom. The van der Waals surface area contributed by atoms with Crippen molar-refractivity contribution in [3.63, 3.8) is 0 Å². The highest BCUT2D eigenvalue weighted by molar-refractivity contribution is 6.31. The molecule has 1 rings (SSSR count). The second-order valence-corrected chi connectivity index (χ2v) is 5.04. The van der Waals surface area contributed by atoms with Crippen LogP contribution in [-0.2, 0) is 19.1 Å². The van der Waals surface area contributed by atoms with Gasteiger partial charge < -0.3 is 9.84 Å². The summed E-state index contributed by atoms with van der Waals surface area (Å²) in [6.07, 6.45) is -0.510. The van der Waals surface area contributed by atoms with Crippen LogP contribution >= 0.6 is 11.6 Å². The Bertz CT molecular complexity index is 595. The maximum Gasteiger partial charge on any atom is 0.303 e. The van der Waals surface area contributed by atoms with Gasteiger partial charge in [-0.25, -0.2) is 0 Å². The maximum absolute atomic E-state index is 12.4. The Labute approximate surface area is 132 Å². The Morgan fingerprint density at radius 2 is 1.95 bits per heavy atom. The minimum Gasteiger partial charge on any atom is -0.481 e. The van der Waals surface area contributed by atoms with Crippen LogP contribution in [0.5, 0.6) is 0 Å². The van der Waals surface area contributed by atoms with Gasteiger partial charge in [-0.2, -0.15) is 0 Å². The molecular weight excluding hydrogens is 312 g/mol. The minimum absolute atomic E-state index is 0.166. The average Bonchev–Trinajstić information content (AvgIpc) is 2.44. The van der Waals surface area contributed by atoms with Crippen LogP contribution in [0.25, 0.3) is 0 Å². The monoisotopic (exact) mass is 326 g/mol. The molecule has 0 aromatic heterocycles. The number of carbonyl (C=O) groups excluding carboxylic acids is 3. The Hall–Kier alpha value is -2.21. The van der Waals surface area contributed by atoms with E-state index in [1.54, 1.807) is 12.1 Å².